The number of carbonyl (C=O) groups excluding carboxylic acids is 2. The Kier molecular flexibility index (Phi) is 4.89. The molecule has 2 aromatic carbocycles. The van der Waals surface area contributed by atoms with Crippen molar-refractivity contribution in [1.29, 1.82) is 0 Å². The second kappa shape index (κ2) is 7.16. The molecule has 1 heterocycles. The summed E-state index contributed by atoms with van der Waals surface area (Å²) in [6.07, 6.45) is 2.57. The molecule has 3 rings (SSSR count). The number of nitrogens with one attached hydrogen (secondary N) is 1. The lowest BCUT2D eigenvalue weighted by Crippen LogP contribution is -2.22. The summed E-state index contributed by atoms with van der Waals surface area (Å²) in [6, 6.07) is 12.8. The fourth-order valence-corrected chi connectivity index (χ4v) is 3.27. The van der Waals surface area contributed by atoms with Crippen molar-refractivity contribution in [1.82, 2.24) is 9.78 Å². The van der Waals surface area contributed by atoms with Crippen LogP contribution in [0.3, 0.4) is 0 Å². The van der Waals surface area contributed by atoms with Crippen LogP contribution in [0.4, 0.5) is 10.5 Å². The van der Waals surface area contributed by atoms with Gasteiger partial charge in [-0.05, 0) is 35.4 Å². The molecule has 9 nitrogen and oxygen atoms in total. The first kappa shape index (κ1) is 19.1. The number of nitrogens with zero attached hydrogens (tertiary/aromatic N) is 2. The molecule has 28 heavy (non-hydrogen) atoms. The van der Waals surface area contributed by atoms with Gasteiger partial charge >= 0.3 is 6.03 Å². The normalized spacial score (nSPS) is 11.2. The number of sulfone groups is 1. The van der Waals surface area contributed by atoms with Crippen molar-refractivity contribution in [3.63, 3.8) is 0 Å². The van der Waals surface area contributed by atoms with Gasteiger partial charge in [0.05, 0.1) is 22.5 Å². The molecular weight excluding hydrogens is 382 g/mol. The molecule has 0 saturated carbocycles. The Morgan fingerprint density at radius 2 is 1.71 bits per heavy atom. The summed E-state index contributed by atoms with van der Waals surface area (Å²) in [5.74, 6) is -0.810. The van der Waals surface area contributed by atoms with Crippen LogP contribution in [0.15, 0.2) is 59.6 Å². The van der Waals surface area contributed by atoms with Gasteiger partial charge < -0.3 is 16.8 Å². The zero-order valence-electron chi connectivity index (χ0n) is 14.8. The summed E-state index contributed by atoms with van der Waals surface area (Å²) in [7, 11) is -3.28. The zero-order valence-corrected chi connectivity index (χ0v) is 15.6. The molecule has 0 saturated heterocycles. The number of rotatable bonds is 5. The van der Waals surface area contributed by atoms with Crippen LogP contribution in [0.5, 0.6) is 0 Å². The van der Waals surface area contributed by atoms with Crippen molar-refractivity contribution in [3.8, 4) is 16.8 Å². The molecule has 1 aromatic heterocycles. The number of hydrogen-bond donors (Lipinski definition) is 3. The quantitative estimate of drug-likeness (QED) is 0.594. The summed E-state index contributed by atoms with van der Waals surface area (Å²) in [5, 5.41) is 6.42. The number of amides is 3. The van der Waals surface area contributed by atoms with E-state index in [-0.39, 0.29) is 16.3 Å². The highest BCUT2D eigenvalue weighted by atomic mass is 32.2. The van der Waals surface area contributed by atoms with Crippen molar-refractivity contribution in [2.45, 2.75) is 4.90 Å². The minimum Gasteiger partial charge on any atom is -0.364 e. The lowest BCUT2D eigenvalue weighted by atomic mass is 10.1. The van der Waals surface area contributed by atoms with Crippen LogP contribution in [0.1, 0.15) is 10.5 Å². The number of primary amides is 2. The van der Waals surface area contributed by atoms with E-state index in [1.807, 2.05) is 6.07 Å². The topological polar surface area (TPSA) is 150 Å². The first-order chi connectivity index (χ1) is 13.1. The molecule has 0 unspecified atom stereocenters. The number of aromatic nitrogens is 2. The lowest BCUT2D eigenvalue weighted by molar-refractivity contribution is 0.0996. The second-order valence-electron chi connectivity index (χ2n) is 6.04. The number of hydrogen-bond acceptors (Lipinski definition) is 5. The summed E-state index contributed by atoms with van der Waals surface area (Å²) >= 11 is 0. The molecule has 0 atom stereocenters. The maximum Gasteiger partial charge on any atom is 0.316 e. The summed E-state index contributed by atoms with van der Waals surface area (Å²) < 4.78 is 24.6. The van der Waals surface area contributed by atoms with E-state index in [9.17, 15) is 18.0 Å². The SMILES string of the molecule is CS(=O)(=O)c1ccc(-c2cccc(-n3cc(NC(N)=O)c(C(N)=O)n3)c2)cc1. The maximum absolute atomic E-state index is 11.6. The minimum atomic E-state index is -3.28. The molecule has 0 aliphatic carbocycles. The third-order valence-corrected chi connectivity index (χ3v) is 5.06. The van der Waals surface area contributed by atoms with E-state index in [0.29, 0.717) is 5.69 Å². The van der Waals surface area contributed by atoms with E-state index in [1.54, 1.807) is 30.3 Å². The monoisotopic (exact) mass is 399 g/mol. The summed E-state index contributed by atoms with van der Waals surface area (Å²) in [5.41, 5.74) is 12.6. The smallest absolute Gasteiger partial charge is 0.316 e. The van der Waals surface area contributed by atoms with Gasteiger partial charge in [0.1, 0.15) is 0 Å². The number of benzene rings is 2. The van der Waals surface area contributed by atoms with E-state index < -0.39 is 21.8 Å². The second-order valence-corrected chi connectivity index (χ2v) is 8.05. The van der Waals surface area contributed by atoms with Crippen LogP contribution in [0.2, 0.25) is 0 Å². The molecule has 3 aromatic rings. The van der Waals surface area contributed by atoms with Gasteiger partial charge in [-0.1, -0.05) is 24.3 Å². The number of nitrogens with two attached hydrogens (primary N) is 2. The van der Waals surface area contributed by atoms with Crippen LogP contribution in [0.25, 0.3) is 16.8 Å². The number of anilines is 1. The van der Waals surface area contributed by atoms with Crippen molar-refractivity contribution in [2.24, 2.45) is 11.5 Å². The Balaban J connectivity index is 2.00. The van der Waals surface area contributed by atoms with Gasteiger partial charge in [-0.15, -0.1) is 0 Å². The van der Waals surface area contributed by atoms with Gasteiger partial charge in [0.15, 0.2) is 15.5 Å². The van der Waals surface area contributed by atoms with E-state index in [0.717, 1.165) is 17.4 Å². The van der Waals surface area contributed by atoms with Gasteiger partial charge in [-0.25, -0.2) is 17.9 Å². The van der Waals surface area contributed by atoms with Gasteiger partial charge in [-0.2, -0.15) is 5.10 Å². The van der Waals surface area contributed by atoms with E-state index in [2.05, 4.69) is 10.4 Å². The largest absolute Gasteiger partial charge is 0.364 e. The predicted octanol–water partition coefficient (Wildman–Crippen LogP) is 1.53. The summed E-state index contributed by atoms with van der Waals surface area (Å²) in [6.45, 7) is 0. The van der Waals surface area contributed by atoms with Crippen LogP contribution in [-0.2, 0) is 9.84 Å². The third kappa shape index (κ3) is 4.01. The molecule has 0 aliphatic rings. The molecular formula is C18H17N5O4S. The van der Waals surface area contributed by atoms with E-state index in [4.69, 9.17) is 11.5 Å². The third-order valence-electron chi connectivity index (χ3n) is 3.93. The molecule has 0 aliphatic heterocycles. The standard InChI is InChI=1S/C18H17N5O4S/c1-28(26,27)14-7-5-11(6-8-14)12-3-2-4-13(9-12)23-10-15(21-18(20)25)16(22-23)17(19)24/h2-10H,1H3,(H2,19,24)(H3,20,21,25). The van der Waals surface area contributed by atoms with Crippen molar-refractivity contribution < 1.29 is 18.0 Å². The fourth-order valence-electron chi connectivity index (χ4n) is 2.63. The lowest BCUT2D eigenvalue weighted by Gasteiger charge is -2.07. The van der Waals surface area contributed by atoms with Crippen molar-refractivity contribution in [3.05, 3.63) is 60.4 Å². The Bertz CT molecular complexity index is 1170. The highest BCUT2D eigenvalue weighted by Gasteiger charge is 2.16. The average molecular weight is 399 g/mol. The molecule has 0 spiro atoms. The van der Waals surface area contributed by atoms with Crippen molar-refractivity contribution >= 4 is 27.5 Å². The van der Waals surface area contributed by atoms with Gasteiger partial charge in [0.2, 0.25) is 0 Å². The minimum absolute atomic E-state index is 0.0999. The number of urea groups is 1. The first-order valence-electron chi connectivity index (χ1n) is 8.02. The van der Waals surface area contributed by atoms with Crippen LogP contribution < -0.4 is 16.8 Å². The van der Waals surface area contributed by atoms with Crippen molar-refractivity contribution in [2.75, 3.05) is 11.6 Å². The first-order valence-corrected chi connectivity index (χ1v) is 9.91. The molecule has 5 N–H and O–H groups in total. The Morgan fingerprint density at radius 3 is 2.29 bits per heavy atom. The maximum atomic E-state index is 11.6. The summed E-state index contributed by atoms with van der Waals surface area (Å²) in [4.78, 5) is 22.9. The highest BCUT2D eigenvalue weighted by molar-refractivity contribution is 7.90. The molecule has 0 fully saturated rings. The van der Waals surface area contributed by atoms with Gasteiger partial charge in [0.25, 0.3) is 5.91 Å². The molecule has 0 bridgehead atoms. The predicted molar refractivity (Wildman–Crippen MR) is 104 cm³/mol. The van der Waals surface area contributed by atoms with Crippen LogP contribution >= 0.6 is 0 Å². The molecule has 144 valence electrons. The Hall–Kier alpha value is -3.66. The molecule has 0 radical (unpaired) electrons. The van der Waals surface area contributed by atoms with E-state index >= 15 is 0 Å². The highest BCUT2D eigenvalue weighted by Crippen LogP contribution is 2.25. The van der Waals surface area contributed by atoms with E-state index in [1.165, 1.54) is 23.0 Å². The zero-order chi connectivity index (χ0) is 20.5. The molecule has 3 amide bonds. The van der Waals surface area contributed by atoms with Gasteiger partial charge in [0, 0.05) is 6.26 Å². The Morgan fingerprint density at radius 1 is 1.04 bits per heavy atom. The van der Waals surface area contributed by atoms with Crippen LogP contribution in [-0.4, -0.2) is 36.4 Å². The average Bonchev–Trinajstić information content (AvgIpc) is 3.05. The fraction of sp³-hybridized carbons (Fsp3) is 0.0556. The molecule has 10 heteroatoms. The Labute approximate surface area is 160 Å². The number of carbonyl (C=O) groups is 2. The van der Waals surface area contributed by atoms with Gasteiger partial charge in [-0.3, -0.25) is 4.79 Å². The van der Waals surface area contributed by atoms with Crippen LogP contribution in [0, 0.1) is 0 Å².